The predicted octanol–water partition coefficient (Wildman–Crippen LogP) is 4.57. The van der Waals surface area contributed by atoms with Gasteiger partial charge >= 0.3 is 0 Å². The second kappa shape index (κ2) is 6.23. The third-order valence-electron chi connectivity index (χ3n) is 2.44. The number of halogens is 2. The summed E-state index contributed by atoms with van der Waals surface area (Å²) in [5, 5.41) is 7.63. The molecule has 2 nitrogen and oxygen atoms in total. The van der Waals surface area contributed by atoms with Gasteiger partial charge in [-0.05, 0) is 30.5 Å². The lowest BCUT2D eigenvalue weighted by Crippen LogP contribution is -2.09. The Morgan fingerprint density at radius 3 is 2.56 bits per heavy atom. The van der Waals surface area contributed by atoms with Crippen LogP contribution >= 0.6 is 34.5 Å². The maximum Gasteiger partial charge on any atom is 0.0743 e. The molecule has 2 rings (SSSR count). The molecule has 0 fully saturated rings. The fourth-order valence-corrected chi connectivity index (χ4v) is 2.69. The highest BCUT2D eigenvalue weighted by atomic mass is 35.5. The number of hydrogen-bond donors (Lipinski definition) is 1. The molecule has 1 aromatic carbocycles. The SMILES string of the molecule is C/C(=N\NCc1c(Cl)cccc1Cl)c1cccs1. The van der Waals surface area contributed by atoms with Crippen LogP contribution in [-0.2, 0) is 6.54 Å². The molecule has 0 aliphatic rings. The Bertz CT molecular complexity index is 530. The lowest BCUT2D eigenvalue weighted by atomic mass is 10.2. The molecule has 0 bridgehead atoms. The van der Waals surface area contributed by atoms with Crippen molar-refractivity contribution in [1.82, 2.24) is 5.43 Å². The molecule has 0 saturated carbocycles. The van der Waals surface area contributed by atoms with Crippen molar-refractivity contribution >= 4 is 40.3 Å². The van der Waals surface area contributed by atoms with Gasteiger partial charge < -0.3 is 5.43 Å². The molecule has 18 heavy (non-hydrogen) atoms. The van der Waals surface area contributed by atoms with Gasteiger partial charge in [0.05, 0.1) is 12.3 Å². The summed E-state index contributed by atoms with van der Waals surface area (Å²) in [5.41, 5.74) is 4.81. The van der Waals surface area contributed by atoms with Crippen molar-refractivity contribution in [2.24, 2.45) is 5.10 Å². The summed E-state index contributed by atoms with van der Waals surface area (Å²) in [4.78, 5) is 1.15. The Morgan fingerprint density at radius 1 is 1.22 bits per heavy atom. The summed E-state index contributed by atoms with van der Waals surface area (Å²) in [6.45, 7) is 2.48. The maximum atomic E-state index is 6.07. The van der Waals surface area contributed by atoms with Gasteiger partial charge in [0.15, 0.2) is 0 Å². The smallest absolute Gasteiger partial charge is 0.0743 e. The van der Waals surface area contributed by atoms with Crippen LogP contribution in [0.3, 0.4) is 0 Å². The summed E-state index contributed by atoms with van der Waals surface area (Å²) in [6.07, 6.45) is 0. The first-order valence-corrected chi connectivity index (χ1v) is 7.06. The average Bonchev–Trinajstić information content (AvgIpc) is 2.86. The number of hydrogen-bond acceptors (Lipinski definition) is 3. The summed E-state index contributed by atoms with van der Waals surface area (Å²) in [6, 6.07) is 9.51. The Kier molecular flexibility index (Phi) is 4.64. The van der Waals surface area contributed by atoms with Gasteiger partial charge in [-0.1, -0.05) is 35.3 Å². The summed E-state index contributed by atoms with van der Waals surface area (Å²) < 4.78 is 0. The third-order valence-corrected chi connectivity index (χ3v) is 4.13. The van der Waals surface area contributed by atoms with Crippen LogP contribution in [-0.4, -0.2) is 5.71 Å². The first-order valence-electron chi connectivity index (χ1n) is 5.42. The lowest BCUT2D eigenvalue weighted by Gasteiger charge is -2.06. The number of nitrogens with one attached hydrogen (secondary N) is 1. The zero-order valence-electron chi connectivity index (χ0n) is 9.78. The molecule has 2 aromatic rings. The van der Waals surface area contributed by atoms with E-state index < -0.39 is 0 Å². The largest absolute Gasteiger partial charge is 0.305 e. The highest BCUT2D eigenvalue weighted by molar-refractivity contribution is 7.12. The van der Waals surface area contributed by atoms with Gasteiger partial charge in [0, 0.05) is 20.5 Å². The van der Waals surface area contributed by atoms with Crippen molar-refractivity contribution in [2.75, 3.05) is 0 Å². The fraction of sp³-hybridized carbons (Fsp3) is 0.154. The van der Waals surface area contributed by atoms with Crippen LogP contribution in [0.5, 0.6) is 0 Å². The van der Waals surface area contributed by atoms with Gasteiger partial charge in [-0.15, -0.1) is 11.3 Å². The minimum Gasteiger partial charge on any atom is -0.305 e. The number of nitrogens with zero attached hydrogens (tertiary/aromatic N) is 1. The van der Waals surface area contributed by atoms with Crippen molar-refractivity contribution in [3.63, 3.8) is 0 Å². The van der Waals surface area contributed by atoms with E-state index in [0.29, 0.717) is 16.6 Å². The molecule has 0 unspecified atom stereocenters. The van der Waals surface area contributed by atoms with Crippen molar-refractivity contribution in [3.05, 3.63) is 56.2 Å². The first kappa shape index (κ1) is 13.4. The fourth-order valence-electron chi connectivity index (χ4n) is 1.48. The van der Waals surface area contributed by atoms with Crippen molar-refractivity contribution in [1.29, 1.82) is 0 Å². The van der Waals surface area contributed by atoms with E-state index >= 15 is 0 Å². The predicted molar refractivity (Wildman–Crippen MR) is 79.8 cm³/mol. The minimum absolute atomic E-state index is 0.515. The molecule has 1 N–H and O–H groups in total. The molecule has 5 heteroatoms. The van der Waals surface area contributed by atoms with E-state index in [1.165, 1.54) is 0 Å². The van der Waals surface area contributed by atoms with Crippen LogP contribution in [0.1, 0.15) is 17.4 Å². The molecule has 0 saturated heterocycles. The van der Waals surface area contributed by atoms with Crippen LogP contribution in [0.2, 0.25) is 10.0 Å². The minimum atomic E-state index is 0.515. The second-order valence-corrected chi connectivity index (χ2v) is 5.47. The molecule has 0 aliphatic heterocycles. The second-order valence-electron chi connectivity index (χ2n) is 3.71. The number of benzene rings is 1. The Hall–Kier alpha value is -1.03. The van der Waals surface area contributed by atoms with Crippen LogP contribution in [0.15, 0.2) is 40.8 Å². The molecule has 0 amide bonds. The first-order chi connectivity index (χ1) is 8.68. The summed E-state index contributed by atoms with van der Waals surface area (Å²) in [7, 11) is 0. The van der Waals surface area contributed by atoms with E-state index in [2.05, 4.69) is 10.5 Å². The van der Waals surface area contributed by atoms with E-state index in [0.717, 1.165) is 16.2 Å². The Morgan fingerprint density at radius 2 is 1.94 bits per heavy atom. The standard InChI is InChI=1S/C13H12Cl2N2S/c1-9(13-6-3-7-18-13)17-16-8-10-11(14)4-2-5-12(10)15/h2-7,16H,8H2,1H3/b17-9+. The van der Waals surface area contributed by atoms with E-state index in [9.17, 15) is 0 Å². The molecule has 0 spiro atoms. The van der Waals surface area contributed by atoms with E-state index in [4.69, 9.17) is 23.2 Å². The summed E-state index contributed by atoms with van der Waals surface area (Å²) >= 11 is 13.8. The van der Waals surface area contributed by atoms with E-state index in [1.807, 2.05) is 42.6 Å². The highest BCUT2D eigenvalue weighted by Gasteiger charge is 2.04. The number of rotatable bonds is 4. The molecule has 0 radical (unpaired) electrons. The highest BCUT2D eigenvalue weighted by Crippen LogP contribution is 2.23. The van der Waals surface area contributed by atoms with Gasteiger partial charge in [-0.2, -0.15) is 5.10 Å². The molecular formula is C13H12Cl2N2S. The molecule has 0 aliphatic carbocycles. The molecular weight excluding hydrogens is 287 g/mol. The Balaban J connectivity index is 2.02. The quantitative estimate of drug-likeness (QED) is 0.649. The van der Waals surface area contributed by atoms with Crippen LogP contribution < -0.4 is 5.43 Å². The van der Waals surface area contributed by atoms with Crippen molar-refractivity contribution in [3.8, 4) is 0 Å². The third kappa shape index (κ3) is 3.25. The van der Waals surface area contributed by atoms with Crippen molar-refractivity contribution < 1.29 is 0 Å². The Labute approximate surface area is 120 Å². The molecule has 1 aromatic heterocycles. The van der Waals surface area contributed by atoms with Gasteiger partial charge in [-0.3, -0.25) is 0 Å². The summed E-state index contributed by atoms with van der Waals surface area (Å²) in [5.74, 6) is 0. The van der Waals surface area contributed by atoms with Crippen LogP contribution in [0, 0.1) is 0 Å². The van der Waals surface area contributed by atoms with E-state index in [-0.39, 0.29) is 0 Å². The van der Waals surface area contributed by atoms with E-state index in [1.54, 1.807) is 11.3 Å². The average molecular weight is 299 g/mol. The lowest BCUT2D eigenvalue weighted by molar-refractivity contribution is 0.744. The van der Waals surface area contributed by atoms with Gasteiger partial charge in [0.2, 0.25) is 0 Å². The number of thiophene rings is 1. The normalized spacial score (nSPS) is 11.6. The van der Waals surface area contributed by atoms with Crippen molar-refractivity contribution in [2.45, 2.75) is 13.5 Å². The molecule has 94 valence electrons. The van der Waals surface area contributed by atoms with Gasteiger partial charge in [0.1, 0.15) is 0 Å². The monoisotopic (exact) mass is 298 g/mol. The zero-order valence-corrected chi connectivity index (χ0v) is 12.1. The van der Waals surface area contributed by atoms with Crippen LogP contribution in [0.25, 0.3) is 0 Å². The molecule has 0 atom stereocenters. The molecule has 1 heterocycles. The zero-order chi connectivity index (χ0) is 13.0. The van der Waals surface area contributed by atoms with Gasteiger partial charge in [-0.25, -0.2) is 0 Å². The maximum absolute atomic E-state index is 6.07. The van der Waals surface area contributed by atoms with Crippen LogP contribution in [0.4, 0.5) is 0 Å². The topological polar surface area (TPSA) is 24.4 Å². The number of hydrazone groups is 1. The van der Waals surface area contributed by atoms with Gasteiger partial charge in [0.25, 0.3) is 0 Å².